The van der Waals surface area contributed by atoms with E-state index in [-0.39, 0.29) is 6.42 Å². The van der Waals surface area contributed by atoms with Gasteiger partial charge in [0.05, 0.1) is 0 Å². The second-order valence-corrected chi connectivity index (χ2v) is 7.66. The number of carbonyl (C=O) groups excluding carboxylic acids is 2. The summed E-state index contributed by atoms with van der Waals surface area (Å²) < 4.78 is 12.0. The Morgan fingerprint density at radius 2 is 1.52 bits per heavy atom. The molecule has 3 aromatic carbocycles. The van der Waals surface area contributed by atoms with E-state index in [1.807, 2.05) is 60.7 Å². The number of halogens is 1. The van der Waals surface area contributed by atoms with Crippen molar-refractivity contribution in [1.82, 2.24) is 0 Å². The van der Waals surface area contributed by atoms with Crippen molar-refractivity contribution in [3.8, 4) is 5.75 Å². The normalized spacial score (nSPS) is 18.1. The van der Waals surface area contributed by atoms with Crippen LogP contribution in [0.5, 0.6) is 5.75 Å². The monoisotopic (exact) mass is 448 g/mol. The summed E-state index contributed by atoms with van der Waals surface area (Å²) >= 11 is 3.40. The molecule has 1 aliphatic rings. The van der Waals surface area contributed by atoms with Crippen LogP contribution in [0.15, 0.2) is 95.5 Å². The molecule has 4 rings (SSSR count). The lowest BCUT2D eigenvalue weighted by molar-refractivity contribution is -0.156. The molecule has 5 heteroatoms. The molecule has 0 N–H and O–H groups in total. The first-order valence-electron chi connectivity index (χ1n) is 9.09. The summed E-state index contributed by atoms with van der Waals surface area (Å²) in [6.45, 7) is 0. The van der Waals surface area contributed by atoms with Gasteiger partial charge in [-0.25, -0.2) is 0 Å². The minimum Gasteiger partial charge on any atom is -0.425 e. The van der Waals surface area contributed by atoms with Crippen LogP contribution in [0.4, 0.5) is 0 Å². The van der Waals surface area contributed by atoms with E-state index in [2.05, 4.69) is 15.9 Å². The highest BCUT2D eigenvalue weighted by Gasteiger charge is 2.52. The lowest BCUT2D eigenvalue weighted by Gasteiger charge is -2.21. The van der Waals surface area contributed by atoms with E-state index in [4.69, 9.17) is 9.47 Å². The minimum atomic E-state index is -1.56. The quantitative estimate of drug-likeness (QED) is 0.306. The van der Waals surface area contributed by atoms with Crippen LogP contribution in [-0.2, 0) is 20.7 Å². The molecular weight excluding hydrogens is 432 g/mol. The number of benzene rings is 3. The molecule has 4 nitrogen and oxygen atoms in total. The van der Waals surface area contributed by atoms with E-state index < -0.39 is 17.4 Å². The fraction of sp³-hybridized carbons (Fsp3) is 0.0833. The van der Waals surface area contributed by atoms with Gasteiger partial charge >= 0.3 is 11.9 Å². The maximum Gasteiger partial charge on any atom is 0.333 e. The Kier molecular flexibility index (Phi) is 5.32. The maximum absolute atomic E-state index is 13.2. The van der Waals surface area contributed by atoms with Gasteiger partial charge in [-0.3, -0.25) is 9.59 Å². The molecule has 144 valence electrons. The highest BCUT2D eigenvalue weighted by Crippen LogP contribution is 2.40. The SMILES string of the molecule is O=C1OC(c2ccccc2)=C[C@]1(Cc1ccc(Br)cc1)C(=O)Oc1ccccc1. The van der Waals surface area contributed by atoms with Crippen LogP contribution in [0, 0.1) is 5.41 Å². The molecule has 0 amide bonds. The van der Waals surface area contributed by atoms with Crippen LogP contribution in [0.3, 0.4) is 0 Å². The molecule has 0 bridgehead atoms. The lowest BCUT2D eigenvalue weighted by Crippen LogP contribution is -2.40. The molecule has 0 saturated heterocycles. The first kappa shape index (κ1) is 19.2. The van der Waals surface area contributed by atoms with Crippen LogP contribution in [-0.4, -0.2) is 11.9 Å². The predicted molar refractivity (Wildman–Crippen MR) is 113 cm³/mol. The Morgan fingerprint density at radius 1 is 0.897 bits per heavy atom. The fourth-order valence-electron chi connectivity index (χ4n) is 3.20. The summed E-state index contributed by atoms with van der Waals surface area (Å²) in [6, 6.07) is 25.4. The standard InChI is InChI=1S/C24H17BrO4/c25-19-13-11-17(12-14-19)15-24(22(26)28-20-9-5-2-6-10-20)16-21(29-23(24)27)18-7-3-1-4-8-18/h1-14,16H,15H2/t24-/m1/s1. The lowest BCUT2D eigenvalue weighted by atomic mass is 9.81. The van der Waals surface area contributed by atoms with Crippen molar-refractivity contribution in [2.45, 2.75) is 6.42 Å². The second-order valence-electron chi connectivity index (χ2n) is 6.74. The van der Waals surface area contributed by atoms with Crippen molar-refractivity contribution in [3.63, 3.8) is 0 Å². The molecule has 1 aliphatic heterocycles. The number of rotatable bonds is 5. The largest absolute Gasteiger partial charge is 0.425 e. The highest BCUT2D eigenvalue weighted by molar-refractivity contribution is 9.10. The fourth-order valence-corrected chi connectivity index (χ4v) is 3.46. The predicted octanol–water partition coefficient (Wildman–Crippen LogP) is 5.18. The van der Waals surface area contributed by atoms with Gasteiger partial charge in [-0.15, -0.1) is 0 Å². The number of para-hydroxylation sites is 1. The molecular formula is C24H17BrO4. The number of hydrogen-bond donors (Lipinski definition) is 0. The van der Waals surface area contributed by atoms with Crippen molar-refractivity contribution in [1.29, 1.82) is 0 Å². The van der Waals surface area contributed by atoms with Crippen molar-refractivity contribution in [2.24, 2.45) is 5.41 Å². The maximum atomic E-state index is 13.2. The van der Waals surface area contributed by atoms with Gasteiger partial charge < -0.3 is 9.47 Å². The van der Waals surface area contributed by atoms with Crippen molar-refractivity contribution < 1.29 is 19.1 Å². The summed E-state index contributed by atoms with van der Waals surface area (Å²) in [4.78, 5) is 26.2. The average Bonchev–Trinajstić information content (AvgIpc) is 3.08. The van der Waals surface area contributed by atoms with Crippen LogP contribution in [0.25, 0.3) is 5.76 Å². The molecule has 0 fully saturated rings. The Morgan fingerprint density at radius 3 is 2.17 bits per heavy atom. The van der Waals surface area contributed by atoms with Gasteiger partial charge in [0, 0.05) is 16.5 Å². The molecule has 29 heavy (non-hydrogen) atoms. The Labute approximate surface area is 176 Å². The topological polar surface area (TPSA) is 52.6 Å². The van der Waals surface area contributed by atoms with Crippen molar-refractivity contribution in [3.05, 3.63) is 107 Å². The van der Waals surface area contributed by atoms with E-state index in [1.54, 1.807) is 30.3 Å². The molecule has 0 spiro atoms. The minimum absolute atomic E-state index is 0.140. The van der Waals surface area contributed by atoms with E-state index in [9.17, 15) is 9.59 Å². The molecule has 0 saturated carbocycles. The number of cyclic esters (lactones) is 1. The van der Waals surface area contributed by atoms with Gasteiger partial charge in [0.25, 0.3) is 0 Å². The second kappa shape index (κ2) is 8.05. The summed E-state index contributed by atoms with van der Waals surface area (Å²) in [5.74, 6) is -0.567. The van der Waals surface area contributed by atoms with Gasteiger partial charge in [0.1, 0.15) is 11.5 Å². The number of esters is 2. The molecule has 0 aromatic heterocycles. The smallest absolute Gasteiger partial charge is 0.333 e. The van der Waals surface area contributed by atoms with Gasteiger partial charge in [-0.1, -0.05) is 76.6 Å². The molecule has 1 heterocycles. The zero-order valence-electron chi connectivity index (χ0n) is 15.4. The number of carbonyl (C=O) groups is 2. The Balaban J connectivity index is 1.74. The average molecular weight is 449 g/mol. The van der Waals surface area contributed by atoms with Crippen molar-refractivity contribution in [2.75, 3.05) is 0 Å². The van der Waals surface area contributed by atoms with Gasteiger partial charge in [-0.05, 0) is 35.9 Å². The molecule has 1 atom stereocenters. The number of ether oxygens (including phenoxy) is 2. The van der Waals surface area contributed by atoms with Crippen LogP contribution in [0.2, 0.25) is 0 Å². The zero-order chi connectivity index (χ0) is 20.3. The summed E-state index contributed by atoms with van der Waals surface area (Å²) in [5, 5.41) is 0. The van der Waals surface area contributed by atoms with Crippen LogP contribution < -0.4 is 4.74 Å². The third kappa shape index (κ3) is 4.00. The Hall–Kier alpha value is -3.18. The molecule has 3 aromatic rings. The summed E-state index contributed by atoms with van der Waals surface area (Å²) in [6.07, 6.45) is 1.72. The summed E-state index contributed by atoms with van der Waals surface area (Å²) in [5.41, 5.74) is -0.0127. The molecule has 0 aliphatic carbocycles. The number of hydrogen-bond acceptors (Lipinski definition) is 4. The summed E-state index contributed by atoms with van der Waals surface area (Å²) in [7, 11) is 0. The van der Waals surface area contributed by atoms with E-state index >= 15 is 0 Å². The van der Waals surface area contributed by atoms with Crippen molar-refractivity contribution >= 4 is 33.6 Å². The van der Waals surface area contributed by atoms with Gasteiger partial charge in [-0.2, -0.15) is 0 Å². The zero-order valence-corrected chi connectivity index (χ0v) is 17.0. The first-order valence-corrected chi connectivity index (χ1v) is 9.88. The van der Waals surface area contributed by atoms with Gasteiger partial charge in [0.2, 0.25) is 0 Å². The van der Waals surface area contributed by atoms with Gasteiger partial charge in [0.15, 0.2) is 5.41 Å². The van der Waals surface area contributed by atoms with E-state index in [0.29, 0.717) is 11.5 Å². The van der Waals surface area contributed by atoms with E-state index in [1.165, 1.54) is 0 Å². The molecule has 0 unspecified atom stereocenters. The third-order valence-corrected chi connectivity index (χ3v) is 5.25. The third-order valence-electron chi connectivity index (χ3n) is 4.72. The van der Waals surface area contributed by atoms with E-state index in [0.717, 1.165) is 15.6 Å². The highest BCUT2D eigenvalue weighted by atomic mass is 79.9. The molecule has 0 radical (unpaired) electrons. The van der Waals surface area contributed by atoms with Crippen LogP contribution >= 0.6 is 15.9 Å². The Bertz CT molecular complexity index is 1060. The first-order chi connectivity index (χ1) is 14.1. The van der Waals surface area contributed by atoms with Crippen LogP contribution in [0.1, 0.15) is 11.1 Å².